The minimum Gasteiger partial charge on any atom is -0.366 e. The Balaban J connectivity index is 1.33. The standard InChI is InChI=1S/C23H32N2O/c24-23(26)19-8-3-7-18(15-19)16-11-13-20(14-12-16)25-22-10-4-6-17-5-1-2-9-21(17)22/h1-2,5,9,15-16,18,20,22,25H,3-4,6-8,10-14H2,(H2,24,26). The van der Waals surface area contributed by atoms with E-state index < -0.39 is 0 Å². The summed E-state index contributed by atoms with van der Waals surface area (Å²) < 4.78 is 0. The third-order valence-electron chi connectivity index (χ3n) is 6.90. The minimum atomic E-state index is -0.207. The van der Waals surface area contributed by atoms with E-state index in [1.807, 2.05) is 0 Å². The Hall–Kier alpha value is -1.61. The summed E-state index contributed by atoms with van der Waals surface area (Å²) in [6.45, 7) is 0. The maximum Gasteiger partial charge on any atom is 0.244 e. The van der Waals surface area contributed by atoms with Gasteiger partial charge in [-0.2, -0.15) is 0 Å². The molecule has 3 N–H and O–H groups in total. The lowest BCUT2D eigenvalue weighted by atomic mass is 9.73. The largest absolute Gasteiger partial charge is 0.366 e. The van der Waals surface area contributed by atoms with Gasteiger partial charge in [0.25, 0.3) is 0 Å². The molecule has 0 spiro atoms. The van der Waals surface area contributed by atoms with Crippen LogP contribution in [0.3, 0.4) is 0 Å². The molecule has 0 bridgehead atoms. The second-order valence-corrected chi connectivity index (χ2v) is 8.53. The molecule has 2 unspecified atom stereocenters. The predicted molar refractivity (Wildman–Crippen MR) is 106 cm³/mol. The number of hydrogen-bond acceptors (Lipinski definition) is 2. The van der Waals surface area contributed by atoms with Crippen molar-refractivity contribution in [3.05, 3.63) is 47.0 Å². The van der Waals surface area contributed by atoms with Crippen molar-refractivity contribution in [2.45, 2.75) is 76.3 Å². The van der Waals surface area contributed by atoms with Gasteiger partial charge in [-0.3, -0.25) is 4.79 Å². The smallest absolute Gasteiger partial charge is 0.244 e. The first-order valence-electron chi connectivity index (χ1n) is 10.5. The van der Waals surface area contributed by atoms with Gasteiger partial charge in [-0.1, -0.05) is 30.3 Å². The Labute approximate surface area is 157 Å². The van der Waals surface area contributed by atoms with Gasteiger partial charge < -0.3 is 11.1 Å². The van der Waals surface area contributed by atoms with Crippen LogP contribution in [0.15, 0.2) is 35.9 Å². The molecule has 1 saturated carbocycles. The van der Waals surface area contributed by atoms with Gasteiger partial charge in [0.15, 0.2) is 0 Å². The van der Waals surface area contributed by atoms with Gasteiger partial charge in [0.05, 0.1) is 0 Å². The molecule has 0 heterocycles. The first-order chi connectivity index (χ1) is 12.7. The Bertz CT molecular complexity index is 673. The first-order valence-corrected chi connectivity index (χ1v) is 10.5. The average molecular weight is 353 g/mol. The molecule has 1 aromatic rings. The molecular weight excluding hydrogens is 320 g/mol. The van der Waals surface area contributed by atoms with Crippen molar-refractivity contribution in [1.82, 2.24) is 5.32 Å². The van der Waals surface area contributed by atoms with Crippen molar-refractivity contribution in [2.75, 3.05) is 0 Å². The molecular formula is C23H32N2O. The van der Waals surface area contributed by atoms with Gasteiger partial charge in [-0.05, 0) is 87.2 Å². The lowest BCUT2D eigenvalue weighted by Gasteiger charge is -2.37. The lowest BCUT2D eigenvalue weighted by Crippen LogP contribution is -2.38. The number of benzene rings is 1. The topological polar surface area (TPSA) is 55.1 Å². The summed E-state index contributed by atoms with van der Waals surface area (Å²) in [7, 11) is 0. The summed E-state index contributed by atoms with van der Waals surface area (Å²) in [4.78, 5) is 11.5. The molecule has 0 radical (unpaired) electrons. The van der Waals surface area contributed by atoms with Gasteiger partial charge in [0.2, 0.25) is 5.91 Å². The molecule has 0 saturated heterocycles. The molecule has 3 aliphatic carbocycles. The summed E-state index contributed by atoms with van der Waals surface area (Å²) in [6, 6.07) is 10.1. The van der Waals surface area contributed by atoms with Crippen LogP contribution in [0.2, 0.25) is 0 Å². The van der Waals surface area contributed by atoms with Gasteiger partial charge in [-0.15, -0.1) is 0 Å². The fourth-order valence-electron chi connectivity index (χ4n) is 5.46. The highest BCUT2D eigenvalue weighted by molar-refractivity contribution is 5.92. The fourth-order valence-corrected chi connectivity index (χ4v) is 5.46. The second-order valence-electron chi connectivity index (χ2n) is 8.53. The predicted octanol–water partition coefficient (Wildman–Crippen LogP) is 4.42. The molecule has 0 aromatic heterocycles. The normalized spacial score (nSPS) is 31.8. The van der Waals surface area contributed by atoms with E-state index in [-0.39, 0.29) is 5.91 Å². The van der Waals surface area contributed by atoms with Gasteiger partial charge in [-0.25, -0.2) is 0 Å². The number of amides is 1. The van der Waals surface area contributed by atoms with Crippen molar-refractivity contribution >= 4 is 5.91 Å². The van der Waals surface area contributed by atoms with Crippen LogP contribution in [0, 0.1) is 11.8 Å². The molecule has 0 aliphatic heterocycles. The molecule has 4 rings (SSSR count). The zero-order valence-electron chi connectivity index (χ0n) is 15.8. The van der Waals surface area contributed by atoms with Crippen LogP contribution >= 0.6 is 0 Å². The summed E-state index contributed by atoms with van der Waals surface area (Å²) >= 11 is 0. The molecule has 1 fully saturated rings. The number of allylic oxidation sites excluding steroid dienone is 1. The van der Waals surface area contributed by atoms with E-state index >= 15 is 0 Å². The minimum absolute atomic E-state index is 0.207. The quantitative estimate of drug-likeness (QED) is 0.842. The number of rotatable bonds is 4. The van der Waals surface area contributed by atoms with Gasteiger partial charge >= 0.3 is 0 Å². The third-order valence-corrected chi connectivity index (χ3v) is 6.90. The third kappa shape index (κ3) is 3.88. The van der Waals surface area contributed by atoms with E-state index in [0.717, 1.165) is 24.3 Å². The van der Waals surface area contributed by atoms with E-state index in [1.54, 1.807) is 0 Å². The summed E-state index contributed by atoms with van der Waals surface area (Å²) in [5, 5.41) is 3.97. The monoisotopic (exact) mass is 352 g/mol. The number of carbonyl (C=O) groups is 1. The summed E-state index contributed by atoms with van der Waals surface area (Å²) in [5.41, 5.74) is 9.45. The number of primary amides is 1. The van der Waals surface area contributed by atoms with Gasteiger partial charge in [0.1, 0.15) is 0 Å². The molecule has 1 amide bonds. The number of hydrogen-bond donors (Lipinski definition) is 2. The molecule has 140 valence electrons. The molecule has 2 atom stereocenters. The molecule has 26 heavy (non-hydrogen) atoms. The highest BCUT2D eigenvalue weighted by atomic mass is 16.1. The number of nitrogens with one attached hydrogen (secondary N) is 1. The molecule has 3 heteroatoms. The van der Waals surface area contributed by atoms with Crippen LogP contribution in [0.25, 0.3) is 0 Å². The zero-order valence-corrected chi connectivity index (χ0v) is 15.8. The van der Waals surface area contributed by atoms with Crippen LogP contribution in [-0.2, 0) is 11.2 Å². The lowest BCUT2D eigenvalue weighted by molar-refractivity contribution is -0.114. The van der Waals surface area contributed by atoms with E-state index in [1.165, 1.54) is 62.5 Å². The van der Waals surface area contributed by atoms with Gasteiger partial charge in [0, 0.05) is 17.7 Å². The Morgan fingerprint density at radius 3 is 2.54 bits per heavy atom. The fraction of sp³-hybridized carbons (Fsp3) is 0.609. The van der Waals surface area contributed by atoms with Crippen molar-refractivity contribution < 1.29 is 4.79 Å². The average Bonchev–Trinajstić information content (AvgIpc) is 2.69. The van der Waals surface area contributed by atoms with Crippen molar-refractivity contribution in [2.24, 2.45) is 17.6 Å². The van der Waals surface area contributed by atoms with E-state index in [9.17, 15) is 4.79 Å². The molecule has 1 aromatic carbocycles. The van der Waals surface area contributed by atoms with E-state index in [2.05, 4.69) is 35.7 Å². The maximum atomic E-state index is 11.5. The summed E-state index contributed by atoms with van der Waals surface area (Å²) in [5.74, 6) is 1.10. The highest BCUT2D eigenvalue weighted by Crippen LogP contribution is 2.38. The SMILES string of the molecule is NC(=O)C1=CC(C2CCC(NC3CCCc4ccccc43)CC2)CCC1. The highest BCUT2D eigenvalue weighted by Gasteiger charge is 2.30. The van der Waals surface area contributed by atoms with E-state index in [0.29, 0.717) is 18.0 Å². The van der Waals surface area contributed by atoms with Crippen LogP contribution in [0.1, 0.15) is 75.0 Å². The number of fused-ring (bicyclic) bond motifs is 1. The first kappa shape index (κ1) is 17.8. The maximum absolute atomic E-state index is 11.5. The van der Waals surface area contributed by atoms with Crippen LogP contribution in [0.5, 0.6) is 0 Å². The van der Waals surface area contributed by atoms with E-state index in [4.69, 9.17) is 5.73 Å². The van der Waals surface area contributed by atoms with Crippen molar-refractivity contribution in [3.8, 4) is 0 Å². The second kappa shape index (κ2) is 7.96. The molecule has 3 aliphatic rings. The number of nitrogens with two attached hydrogens (primary N) is 1. The van der Waals surface area contributed by atoms with Crippen LogP contribution in [-0.4, -0.2) is 11.9 Å². The van der Waals surface area contributed by atoms with Crippen LogP contribution < -0.4 is 11.1 Å². The molecule has 3 nitrogen and oxygen atoms in total. The van der Waals surface area contributed by atoms with Crippen molar-refractivity contribution in [1.29, 1.82) is 0 Å². The number of carbonyl (C=O) groups excluding carboxylic acids is 1. The number of aryl methyl sites for hydroxylation is 1. The van der Waals surface area contributed by atoms with Crippen molar-refractivity contribution in [3.63, 3.8) is 0 Å². The summed E-state index contributed by atoms with van der Waals surface area (Å²) in [6.07, 6.45) is 14.3. The Morgan fingerprint density at radius 1 is 0.962 bits per heavy atom. The Morgan fingerprint density at radius 2 is 1.73 bits per heavy atom. The zero-order chi connectivity index (χ0) is 17.9. The Kier molecular flexibility index (Phi) is 5.44. The van der Waals surface area contributed by atoms with Crippen LogP contribution in [0.4, 0.5) is 0 Å².